The van der Waals surface area contributed by atoms with Gasteiger partial charge in [-0.1, -0.05) is 90.5 Å². The maximum absolute atomic E-state index is 17.1. The number of Topliss-reactive ketones (excluding diaryl/α,β-unsaturated/α-hetero) is 3. The van der Waals surface area contributed by atoms with Crippen molar-refractivity contribution in [3.63, 3.8) is 0 Å². The Kier molecular flexibility index (Phi) is 20.1. The quantitative estimate of drug-likeness (QED) is 0.161. The van der Waals surface area contributed by atoms with Crippen LogP contribution in [0.3, 0.4) is 0 Å². The zero-order valence-electron chi connectivity index (χ0n) is 41.0. The van der Waals surface area contributed by atoms with Crippen molar-refractivity contribution in [2.75, 3.05) is 20.8 Å². The highest BCUT2D eigenvalue weighted by Gasteiger charge is 2.55. The number of methoxy groups -OCH3 is 2. The van der Waals surface area contributed by atoms with E-state index >= 15 is 8.78 Å². The standard InChI is InChI=1S/C52H79F2NO10/c1-31-17-13-12-14-18-36(6)51(8,9)30-39-22-20-37(7)52(54,65-39)48(59)49(60)55-24-16-15-19-40(55)50(61)64-43(33(3)27-38-21-23-41(56)44(28-38)62-10)29-42(57)32(2)26-34(4)45(53)47(63-11)46(58)35(5)25-31/h12-14,17-18,26,31-33,35,37-41,43-45,47,56H,15-16,19-25,27-30H2,1-11H3/b14-12+,17-13+,34-26+,36-18+/t31-,32-,33-,35-,37-,38?,39+,40+,41-,43?,44-,45?,47-,52?/m1/s1. The SMILES string of the molecule is CO[C@H]1C(=O)[C@H](C)C[C@H](C)/C=C/C=C/C=C(\C)C(C)(C)C[C@@H]2CC[C@@H](C)C(F)(O2)C(=O)C(=O)N2CCCC[C@H]2C(=O)OC([C@H](C)CC2CC[C@@H](O)[C@H](OC)C2)CC(=O)[C@H](C)/C=C(\C)C1F. The van der Waals surface area contributed by atoms with Gasteiger partial charge in [0.05, 0.1) is 18.3 Å². The number of allylic oxidation sites excluding steroid dienone is 7. The summed E-state index contributed by atoms with van der Waals surface area (Å²) in [4.78, 5) is 71.4. The summed E-state index contributed by atoms with van der Waals surface area (Å²) in [6, 6.07) is -1.20. The van der Waals surface area contributed by atoms with Crippen molar-refractivity contribution in [1.29, 1.82) is 0 Å². The van der Waals surface area contributed by atoms with Crippen LogP contribution in [0, 0.1) is 40.9 Å². The van der Waals surface area contributed by atoms with Gasteiger partial charge in [0.1, 0.15) is 17.9 Å². The molecular weight excluding hydrogens is 837 g/mol. The van der Waals surface area contributed by atoms with E-state index in [4.69, 9.17) is 18.9 Å². The van der Waals surface area contributed by atoms with Gasteiger partial charge in [-0.05, 0) is 113 Å². The van der Waals surface area contributed by atoms with Crippen LogP contribution in [0.4, 0.5) is 8.78 Å². The predicted octanol–water partition coefficient (Wildman–Crippen LogP) is 9.15. The number of piperidine rings is 1. The predicted molar refractivity (Wildman–Crippen MR) is 246 cm³/mol. The third kappa shape index (κ3) is 14.1. The van der Waals surface area contributed by atoms with E-state index in [9.17, 15) is 29.1 Å². The smallest absolute Gasteiger partial charge is 0.329 e. The minimum absolute atomic E-state index is 0.0151. The molecule has 1 N–H and O–H groups in total. The lowest BCUT2D eigenvalue weighted by atomic mass is 9.77. The van der Waals surface area contributed by atoms with Crippen molar-refractivity contribution >= 4 is 29.2 Å². The molecule has 0 aromatic heterocycles. The average Bonchev–Trinajstić information content (AvgIpc) is 3.26. The normalized spacial score (nSPS) is 40.1. The van der Waals surface area contributed by atoms with Gasteiger partial charge in [-0.3, -0.25) is 19.2 Å². The molecular formula is C52H79F2NO10. The second-order valence-corrected chi connectivity index (χ2v) is 20.6. The van der Waals surface area contributed by atoms with E-state index in [1.807, 2.05) is 65.0 Å². The number of nitrogens with zero attached hydrogens (tertiary/aromatic N) is 1. The average molecular weight is 916 g/mol. The fraction of sp³-hybridized carbons (Fsp3) is 0.750. The number of alkyl halides is 2. The first-order valence-electron chi connectivity index (χ1n) is 24.1. The minimum atomic E-state index is -2.90. The van der Waals surface area contributed by atoms with Crippen LogP contribution in [0.5, 0.6) is 0 Å². The lowest BCUT2D eigenvalue weighted by molar-refractivity contribution is -0.231. The number of carbonyl (C=O) groups excluding carboxylic acids is 5. The Balaban J connectivity index is 1.71. The number of rotatable bonds is 5. The van der Waals surface area contributed by atoms with E-state index < -0.39 is 83.3 Å². The van der Waals surface area contributed by atoms with Crippen LogP contribution >= 0.6 is 0 Å². The summed E-state index contributed by atoms with van der Waals surface area (Å²) in [6.07, 6.45) is 10.3. The molecule has 0 aromatic rings. The molecule has 4 unspecified atom stereocenters. The minimum Gasteiger partial charge on any atom is -0.460 e. The number of hydrogen-bond donors (Lipinski definition) is 1. The van der Waals surface area contributed by atoms with Gasteiger partial charge in [-0.25, -0.2) is 13.6 Å². The Morgan fingerprint density at radius 1 is 0.923 bits per heavy atom. The number of aliphatic hydroxyl groups excluding tert-OH is 1. The molecule has 0 radical (unpaired) electrons. The highest BCUT2D eigenvalue weighted by Crippen LogP contribution is 2.43. The molecule has 4 rings (SSSR count). The first-order valence-corrected chi connectivity index (χ1v) is 24.1. The van der Waals surface area contributed by atoms with Crippen LogP contribution in [-0.2, 0) is 42.9 Å². The van der Waals surface area contributed by atoms with Crippen molar-refractivity contribution in [1.82, 2.24) is 4.90 Å². The van der Waals surface area contributed by atoms with E-state index in [0.717, 1.165) is 10.5 Å². The van der Waals surface area contributed by atoms with E-state index in [1.54, 1.807) is 27.9 Å². The third-order valence-corrected chi connectivity index (χ3v) is 14.9. The van der Waals surface area contributed by atoms with Gasteiger partial charge < -0.3 is 29.0 Å². The molecule has 2 bridgehead atoms. The molecule has 65 heavy (non-hydrogen) atoms. The Bertz CT molecular complexity index is 1790. The molecule has 11 nitrogen and oxygen atoms in total. The first-order chi connectivity index (χ1) is 30.5. The van der Waals surface area contributed by atoms with Crippen LogP contribution in [-0.4, -0.2) is 109 Å². The molecule has 0 aromatic carbocycles. The second kappa shape index (κ2) is 24.1. The Morgan fingerprint density at radius 2 is 1.63 bits per heavy atom. The molecule has 3 heterocycles. The first kappa shape index (κ1) is 54.2. The molecule has 4 aliphatic rings. The Labute approximate surface area is 387 Å². The van der Waals surface area contributed by atoms with Crippen molar-refractivity contribution in [2.45, 2.75) is 188 Å². The fourth-order valence-corrected chi connectivity index (χ4v) is 10.2. The summed E-state index contributed by atoms with van der Waals surface area (Å²) in [5, 5.41) is 10.5. The third-order valence-electron chi connectivity index (χ3n) is 14.9. The largest absolute Gasteiger partial charge is 0.460 e. The molecule has 1 amide bonds. The molecule has 3 aliphatic heterocycles. The van der Waals surface area contributed by atoms with Gasteiger partial charge in [0, 0.05) is 44.9 Å². The van der Waals surface area contributed by atoms with E-state index in [2.05, 4.69) is 0 Å². The number of halogens is 2. The number of ether oxygens (including phenoxy) is 4. The lowest BCUT2D eigenvalue weighted by Crippen LogP contribution is -2.59. The van der Waals surface area contributed by atoms with Crippen molar-refractivity contribution in [3.8, 4) is 0 Å². The number of cyclic esters (lactones) is 1. The molecule has 0 spiro atoms. The van der Waals surface area contributed by atoms with Gasteiger partial charge in [0.25, 0.3) is 17.5 Å². The van der Waals surface area contributed by atoms with E-state index in [1.165, 1.54) is 20.1 Å². The Hall–Kier alpha value is -3.39. The number of ketones is 3. The van der Waals surface area contributed by atoms with E-state index in [0.29, 0.717) is 64.2 Å². The van der Waals surface area contributed by atoms with Crippen molar-refractivity contribution in [3.05, 3.63) is 47.6 Å². The molecule has 14 atom stereocenters. The van der Waals surface area contributed by atoms with E-state index in [-0.39, 0.29) is 60.4 Å². The molecule has 13 heteroatoms. The number of aliphatic hydroxyl groups is 1. The zero-order chi connectivity index (χ0) is 48.4. The Morgan fingerprint density at radius 3 is 2.31 bits per heavy atom. The summed E-state index contributed by atoms with van der Waals surface area (Å²) in [5.41, 5.74) is 0.697. The van der Waals surface area contributed by atoms with Gasteiger partial charge >= 0.3 is 5.97 Å². The maximum Gasteiger partial charge on any atom is 0.329 e. The van der Waals surface area contributed by atoms with Crippen LogP contribution in [0.2, 0.25) is 0 Å². The van der Waals surface area contributed by atoms with Gasteiger partial charge in [-0.15, -0.1) is 0 Å². The van der Waals surface area contributed by atoms with Gasteiger partial charge in [0.2, 0.25) is 0 Å². The summed E-state index contributed by atoms with van der Waals surface area (Å²) in [7, 11) is 2.85. The van der Waals surface area contributed by atoms with Crippen LogP contribution in [0.25, 0.3) is 0 Å². The number of esters is 1. The second-order valence-electron chi connectivity index (χ2n) is 20.6. The molecule has 1 saturated carbocycles. The summed E-state index contributed by atoms with van der Waals surface area (Å²) >= 11 is 0. The summed E-state index contributed by atoms with van der Waals surface area (Å²) in [5.74, 6) is -9.44. The van der Waals surface area contributed by atoms with Crippen LogP contribution < -0.4 is 0 Å². The summed E-state index contributed by atoms with van der Waals surface area (Å²) < 4.78 is 56.5. The van der Waals surface area contributed by atoms with Gasteiger partial charge in [0.15, 0.2) is 18.1 Å². The molecule has 2 saturated heterocycles. The summed E-state index contributed by atoms with van der Waals surface area (Å²) in [6.45, 7) is 16.4. The van der Waals surface area contributed by atoms with Crippen LogP contribution in [0.1, 0.15) is 139 Å². The maximum atomic E-state index is 17.1. The number of hydrogen-bond acceptors (Lipinski definition) is 10. The topological polar surface area (TPSA) is 146 Å². The van der Waals surface area contributed by atoms with Crippen LogP contribution in [0.15, 0.2) is 47.6 Å². The number of amides is 1. The van der Waals surface area contributed by atoms with Crippen molar-refractivity contribution < 1.29 is 56.8 Å². The van der Waals surface area contributed by atoms with Gasteiger partial charge in [-0.2, -0.15) is 0 Å². The molecule has 1 aliphatic carbocycles. The lowest BCUT2D eigenvalue weighted by Gasteiger charge is -2.42. The fourth-order valence-electron chi connectivity index (χ4n) is 10.2. The number of carbonyl (C=O) groups is 5. The molecule has 3 fully saturated rings. The number of fused-ring (bicyclic) bond motifs is 3. The highest BCUT2D eigenvalue weighted by atomic mass is 19.2. The molecule has 366 valence electrons. The monoisotopic (exact) mass is 916 g/mol. The van der Waals surface area contributed by atoms with Crippen molar-refractivity contribution in [2.24, 2.45) is 40.9 Å². The zero-order valence-corrected chi connectivity index (χ0v) is 41.0. The highest BCUT2D eigenvalue weighted by molar-refractivity contribution is 6.39.